The zero-order valence-corrected chi connectivity index (χ0v) is 26.0. The molecule has 228 valence electrons. The van der Waals surface area contributed by atoms with Crippen LogP contribution in [0.1, 0.15) is 134 Å². The van der Waals surface area contributed by atoms with Gasteiger partial charge in [0.05, 0.1) is 0 Å². The predicted molar refractivity (Wildman–Crippen MR) is 172 cm³/mol. The summed E-state index contributed by atoms with van der Waals surface area (Å²) in [6.45, 7) is 4.46. The van der Waals surface area contributed by atoms with Gasteiger partial charge in [-0.2, -0.15) is 0 Å². The average Bonchev–Trinajstić information content (AvgIpc) is 3.01. The fourth-order valence-electron chi connectivity index (χ4n) is 6.78. The highest BCUT2D eigenvalue weighted by atomic mass is 19.2. The van der Waals surface area contributed by atoms with Gasteiger partial charge in [0, 0.05) is 5.56 Å². The Morgan fingerprint density at radius 1 is 0.571 bits per heavy atom. The van der Waals surface area contributed by atoms with E-state index in [1.165, 1.54) is 70.6 Å². The minimum atomic E-state index is -0.782. The Morgan fingerprint density at radius 2 is 1.17 bits per heavy atom. The summed E-state index contributed by atoms with van der Waals surface area (Å²) >= 11 is 0. The maximum Gasteiger partial charge on any atom is 0.166 e. The molecule has 0 aromatic heterocycles. The Bertz CT molecular complexity index is 1220. The summed E-state index contributed by atoms with van der Waals surface area (Å²) < 4.78 is 45.2. The summed E-state index contributed by atoms with van der Waals surface area (Å²) in [5, 5.41) is 0. The second-order valence-electron chi connectivity index (χ2n) is 12.7. The second-order valence-corrected chi connectivity index (χ2v) is 12.7. The van der Waals surface area contributed by atoms with Crippen molar-refractivity contribution in [2.75, 3.05) is 0 Å². The topological polar surface area (TPSA) is 0 Å². The number of aryl methyl sites for hydroxylation is 1. The third-order valence-electron chi connectivity index (χ3n) is 9.49. The molecule has 0 saturated heterocycles. The van der Waals surface area contributed by atoms with Gasteiger partial charge in [-0.1, -0.05) is 133 Å². The van der Waals surface area contributed by atoms with Gasteiger partial charge < -0.3 is 0 Å². The molecule has 0 nitrogen and oxygen atoms in total. The molecule has 0 N–H and O–H groups in total. The van der Waals surface area contributed by atoms with Crippen LogP contribution in [-0.4, -0.2) is 0 Å². The van der Waals surface area contributed by atoms with Crippen molar-refractivity contribution in [1.29, 1.82) is 0 Å². The van der Waals surface area contributed by atoms with Crippen LogP contribution >= 0.6 is 0 Å². The zero-order valence-electron chi connectivity index (χ0n) is 26.0. The highest BCUT2D eigenvalue weighted by Gasteiger charge is 2.24. The van der Waals surface area contributed by atoms with Crippen molar-refractivity contribution in [2.24, 2.45) is 5.92 Å². The van der Waals surface area contributed by atoms with Gasteiger partial charge in [0.25, 0.3) is 0 Å². The summed E-state index contributed by atoms with van der Waals surface area (Å²) in [6, 6.07) is 16.4. The van der Waals surface area contributed by atoms with E-state index in [1.54, 1.807) is 30.3 Å². The molecule has 1 aliphatic rings. The van der Waals surface area contributed by atoms with Crippen LogP contribution in [0, 0.1) is 23.4 Å². The standard InChI is InChI=1S/C39H51F3/c1-3-5-7-8-9-10-11-13-15-33-24-27-36(39(42)38(33)41)32-22-20-30(21-23-32)34-25-26-35(37(40)28-34)31-18-16-29(17-19-31)14-12-6-4-2/h20-29,31H,3-19H2,1-2H3. The number of halogens is 3. The Balaban J connectivity index is 1.32. The lowest BCUT2D eigenvalue weighted by atomic mass is 9.76. The highest BCUT2D eigenvalue weighted by Crippen LogP contribution is 2.39. The number of benzene rings is 3. The van der Waals surface area contributed by atoms with Crippen LogP contribution in [0.3, 0.4) is 0 Å². The lowest BCUT2D eigenvalue weighted by Gasteiger charge is -2.29. The number of hydrogen-bond acceptors (Lipinski definition) is 0. The van der Waals surface area contributed by atoms with Gasteiger partial charge >= 0.3 is 0 Å². The SMILES string of the molecule is CCCCCCCCCCc1ccc(-c2ccc(-c3ccc(C4CCC(CCCCC)CC4)c(F)c3)cc2)c(F)c1F. The van der Waals surface area contributed by atoms with Crippen molar-refractivity contribution in [3.63, 3.8) is 0 Å². The number of rotatable bonds is 16. The molecular formula is C39H51F3. The lowest BCUT2D eigenvalue weighted by molar-refractivity contribution is 0.299. The quantitative estimate of drug-likeness (QED) is 0.149. The van der Waals surface area contributed by atoms with E-state index in [4.69, 9.17) is 0 Å². The molecule has 3 heteroatoms. The largest absolute Gasteiger partial charge is 0.207 e. The molecule has 0 unspecified atom stereocenters. The van der Waals surface area contributed by atoms with E-state index in [-0.39, 0.29) is 11.4 Å². The average molecular weight is 577 g/mol. The molecule has 1 saturated carbocycles. The molecule has 0 heterocycles. The molecule has 1 aliphatic carbocycles. The van der Waals surface area contributed by atoms with E-state index in [0.29, 0.717) is 23.5 Å². The van der Waals surface area contributed by atoms with Gasteiger partial charge in [0.2, 0.25) is 0 Å². The van der Waals surface area contributed by atoms with Crippen molar-refractivity contribution in [3.05, 3.63) is 83.2 Å². The summed E-state index contributed by atoms with van der Waals surface area (Å²) in [6.07, 6.45) is 19.8. The van der Waals surface area contributed by atoms with E-state index < -0.39 is 11.6 Å². The summed E-state index contributed by atoms with van der Waals surface area (Å²) in [5.74, 6) is -0.535. The summed E-state index contributed by atoms with van der Waals surface area (Å²) in [4.78, 5) is 0. The monoisotopic (exact) mass is 576 g/mol. The van der Waals surface area contributed by atoms with E-state index >= 15 is 8.78 Å². The first-order chi connectivity index (χ1) is 20.5. The van der Waals surface area contributed by atoms with E-state index in [0.717, 1.165) is 54.7 Å². The minimum absolute atomic E-state index is 0.133. The van der Waals surface area contributed by atoms with Crippen molar-refractivity contribution < 1.29 is 13.2 Å². The Morgan fingerprint density at radius 3 is 1.83 bits per heavy atom. The fraction of sp³-hybridized carbons (Fsp3) is 0.538. The first kappa shape index (κ1) is 32.4. The smallest absolute Gasteiger partial charge is 0.166 e. The van der Waals surface area contributed by atoms with Gasteiger partial charge in [0.1, 0.15) is 5.82 Å². The van der Waals surface area contributed by atoms with Gasteiger partial charge in [-0.15, -0.1) is 0 Å². The molecule has 4 rings (SSSR count). The van der Waals surface area contributed by atoms with Crippen LogP contribution in [0.25, 0.3) is 22.3 Å². The van der Waals surface area contributed by atoms with Gasteiger partial charge in [-0.25, -0.2) is 13.2 Å². The zero-order chi connectivity index (χ0) is 29.7. The van der Waals surface area contributed by atoms with Crippen LogP contribution in [0.15, 0.2) is 54.6 Å². The third kappa shape index (κ3) is 8.98. The van der Waals surface area contributed by atoms with Crippen molar-refractivity contribution >= 4 is 0 Å². The first-order valence-corrected chi connectivity index (χ1v) is 16.9. The first-order valence-electron chi connectivity index (χ1n) is 16.9. The number of unbranched alkanes of at least 4 members (excludes halogenated alkanes) is 9. The van der Waals surface area contributed by atoms with E-state index in [9.17, 15) is 4.39 Å². The molecule has 42 heavy (non-hydrogen) atoms. The molecule has 3 aromatic carbocycles. The maximum atomic E-state index is 15.2. The molecule has 1 fully saturated rings. The van der Waals surface area contributed by atoms with Crippen LogP contribution in [0.2, 0.25) is 0 Å². The van der Waals surface area contributed by atoms with Crippen LogP contribution in [0.5, 0.6) is 0 Å². The Labute approximate surface area is 253 Å². The van der Waals surface area contributed by atoms with Crippen LogP contribution in [-0.2, 0) is 6.42 Å². The maximum absolute atomic E-state index is 15.2. The molecule has 0 amide bonds. The van der Waals surface area contributed by atoms with Gasteiger partial charge in [-0.05, 0) is 84.2 Å². The van der Waals surface area contributed by atoms with Crippen LogP contribution in [0.4, 0.5) is 13.2 Å². The Kier molecular flexibility index (Phi) is 13.0. The minimum Gasteiger partial charge on any atom is -0.207 e. The fourth-order valence-corrected chi connectivity index (χ4v) is 6.78. The molecule has 0 spiro atoms. The number of hydrogen-bond donors (Lipinski definition) is 0. The Hall–Kier alpha value is -2.55. The van der Waals surface area contributed by atoms with Crippen LogP contribution < -0.4 is 0 Å². The predicted octanol–water partition coefficient (Wildman–Crippen LogP) is 13.0. The van der Waals surface area contributed by atoms with Crippen molar-refractivity contribution in [2.45, 2.75) is 129 Å². The van der Waals surface area contributed by atoms with Gasteiger partial charge in [0.15, 0.2) is 11.6 Å². The van der Waals surface area contributed by atoms with Crippen molar-refractivity contribution in [3.8, 4) is 22.3 Å². The van der Waals surface area contributed by atoms with Gasteiger partial charge in [-0.3, -0.25) is 0 Å². The summed E-state index contributed by atoms with van der Waals surface area (Å²) in [7, 11) is 0. The molecule has 0 bridgehead atoms. The summed E-state index contributed by atoms with van der Waals surface area (Å²) in [5.41, 5.74) is 3.87. The third-order valence-corrected chi connectivity index (χ3v) is 9.49. The molecule has 0 radical (unpaired) electrons. The molecule has 0 aliphatic heterocycles. The highest BCUT2D eigenvalue weighted by molar-refractivity contribution is 5.71. The molecular weight excluding hydrogens is 525 g/mol. The second kappa shape index (κ2) is 16.9. The van der Waals surface area contributed by atoms with Crippen molar-refractivity contribution in [1.82, 2.24) is 0 Å². The normalized spacial score (nSPS) is 17.1. The molecule has 3 aromatic rings. The van der Waals surface area contributed by atoms with E-state index in [2.05, 4.69) is 13.8 Å². The molecule has 0 atom stereocenters. The van der Waals surface area contributed by atoms with E-state index in [1.807, 2.05) is 24.3 Å². The lowest BCUT2D eigenvalue weighted by Crippen LogP contribution is -2.14.